The molecule has 0 aromatic heterocycles. The third kappa shape index (κ3) is 4.84. The van der Waals surface area contributed by atoms with E-state index in [1.54, 1.807) is 0 Å². The van der Waals surface area contributed by atoms with Gasteiger partial charge in [-0.2, -0.15) is 0 Å². The highest BCUT2D eigenvalue weighted by Gasteiger charge is 2.18. The Morgan fingerprint density at radius 3 is 1.73 bits per heavy atom. The first-order chi connectivity index (χ1) is 23.7. The van der Waals surface area contributed by atoms with Crippen LogP contribution >= 0.6 is 0 Å². The zero-order valence-electron chi connectivity index (χ0n) is 26.6. The molecule has 1 N–H and O–H groups in total. The smallest absolute Gasteiger partial charge is 0.0546 e. The van der Waals surface area contributed by atoms with E-state index in [4.69, 9.17) is 0 Å². The Bertz CT molecular complexity index is 2550. The molecule has 0 unspecified atom stereocenters. The maximum absolute atomic E-state index is 3.67. The summed E-state index contributed by atoms with van der Waals surface area (Å²) in [7, 11) is 0. The summed E-state index contributed by atoms with van der Waals surface area (Å²) in [4.78, 5) is 2.39. The second-order valence-electron chi connectivity index (χ2n) is 12.5. The molecule has 8 aromatic carbocycles. The van der Waals surface area contributed by atoms with E-state index < -0.39 is 0 Å². The van der Waals surface area contributed by atoms with Crippen LogP contribution in [0.15, 0.2) is 163 Å². The molecular formula is C46H32N2. The molecule has 8 aromatic rings. The Hall–Kier alpha value is -6.34. The minimum absolute atomic E-state index is 1.06. The number of fused-ring (bicyclic) bond motifs is 6. The maximum Gasteiger partial charge on any atom is 0.0546 e. The van der Waals surface area contributed by atoms with Crippen LogP contribution in [0.3, 0.4) is 0 Å². The van der Waals surface area contributed by atoms with Gasteiger partial charge in [0, 0.05) is 33.7 Å². The van der Waals surface area contributed by atoms with E-state index in [0.717, 1.165) is 22.7 Å². The number of nitrogens with one attached hydrogen (secondary N) is 1. The average molecular weight is 613 g/mol. The highest BCUT2D eigenvalue weighted by molar-refractivity contribution is 6.14. The van der Waals surface area contributed by atoms with Crippen molar-refractivity contribution >= 4 is 72.9 Å². The van der Waals surface area contributed by atoms with Gasteiger partial charge in [0.05, 0.1) is 5.69 Å². The van der Waals surface area contributed by atoms with Gasteiger partial charge in [0.15, 0.2) is 0 Å². The molecule has 9 rings (SSSR count). The van der Waals surface area contributed by atoms with Crippen LogP contribution in [0.5, 0.6) is 0 Å². The largest absolute Gasteiger partial charge is 0.355 e. The third-order valence-corrected chi connectivity index (χ3v) is 9.49. The van der Waals surface area contributed by atoms with Crippen molar-refractivity contribution in [2.75, 3.05) is 10.2 Å². The number of aryl methyl sites for hydroxylation is 1. The number of nitrogens with zero attached hydrogens (tertiary/aromatic N) is 1. The van der Waals surface area contributed by atoms with Gasteiger partial charge in [-0.05, 0) is 111 Å². The van der Waals surface area contributed by atoms with Gasteiger partial charge in [-0.15, -0.1) is 5.73 Å². The number of anilines is 5. The fourth-order valence-electron chi connectivity index (χ4n) is 7.06. The molecule has 0 atom stereocenters. The van der Waals surface area contributed by atoms with Crippen LogP contribution in [0.2, 0.25) is 0 Å². The fourth-order valence-corrected chi connectivity index (χ4v) is 7.06. The molecule has 0 aliphatic heterocycles. The van der Waals surface area contributed by atoms with E-state index >= 15 is 0 Å². The number of hydrogen-bond acceptors (Lipinski definition) is 2. The minimum Gasteiger partial charge on any atom is -0.355 e. The summed E-state index contributed by atoms with van der Waals surface area (Å²) < 4.78 is 0. The van der Waals surface area contributed by atoms with Crippen molar-refractivity contribution in [3.8, 4) is 11.1 Å². The molecule has 0 heterocycles. The van der Waals surface area contributed by atoms with Gasteiger partial charge in [0.2, 0.25) is 0 Å². The summed E-state index contributed by atoms with van der Waals surface area (Å²) in [6.07, 6.45) is 4.15. The molecule has 0 bridgehead atoms. The average Bonchev–Trinajstić information content (AvgIpc) is 3.65. The molecule has 1 aliphatic rings. The van der Waals surface area contributed by atoms with Crippen molar-refractivity contribution in [3.63, 3.8) is 0 Å². The molecule has 0 spiro atoms. The lowest BCUT2D eigenvalue weighted by Gasteiger charge is -2.28. The molecule has 2 heteroatoms. The van der Waals surface area contributed by atoms with Gasteiger partial charge in [0.25, 0.3) is 0 Å². The van der Waals surface area contributed by atoms with Gasteiger partial charge < -0.3 is 10.2 Å². The van der Waals surface area contributed by atoms with Crippen molar-refractivity contribution < 1.29 is 0 Å². The van der Waals surface area contributed by atoms with Crippen LogP contribution in [0.1, 0.15) is 16.7 Å². The van der Waals surface area contributed by atoms with Crippen molar-refractivity contribution in [1.82, 2.24) is 0 Å². The second kappa shape index (κ2) is 11.5. The Balaban J connectivity index is 1.06. The van der Waals surface area contributed by atoms with Crippen LogP contribution in [-0.2, 0) is 0 Å². The van der Waals surface area contributed by atoms with Crippen molar-refractivity contribution in [2.24, 2.45) is 0 Å². The van der Waals surface area contributed by atoms with E-state index in [1.165, 1.54) is 65.8 Å². The van der Waals surface area contributed by atoms with E-state index in [2.05, 4.69) is 193 Å². The van der Waals surface area contributed by atoms with Gasteiger partial charge in [-0.1, -0.05) is 115 Å². The van der Waals surface area contributed by atoms with Crippen LogP contribution in [-0.4, -0.2) is 0 Å². The Kier molecular flexibility index (Phi) is 6.68. The van der Waals surface area contributed by atoms with Gasteiger partial charge in [-0.25, -0.2) is 0 Å². The molecule has 226 valence electrons. The van der Waals surface area contributed by atoms with E-state index in [1.807, 2.05) is 0 Å². The molecule has 0 saturated carbocycles. The van der Waals surface area contributed by atoms with Crippen LogP contribution in [0, 0.1) is 6.92 Å². The summed E-state index contributed by atoms with van der Waals surface area (Å²) in [5.74, 6) is 0. The first-order valence-electron chi connectivity index (χ1n) is 16.4. The van der Waals surface area contributed by atoms with Gasteiger partial charge in [-0.3, -0.25) is 0 Å². The lowest BCUT2D eigenvalue weighted by molar-refractivity contribution is 1.29. The van der Waals surface area contributed by atoms with Gasteiger partial charge in [0.1, 0.15) is 0 Å². The first kappa shape index (κ1) is 27.9. The van der Waals surface area contributed by atoms with E-state index in [9.17, 15) is 0 Å². The normalized spacial score (nSPS) is 11.8. The maximum atomic E-state index is 3.67. The highest BCUT2D eigenvalue weighted by atomic mass is 15.1. The van der Waals surface area contributed by atoms with E-state index in [-0.39, 0.29) is 0 Å². The molecule has 0 amide bonds. The second-order valence-corrected chi connectivity index (χ2v) is 12.5. The minimum atomic E-state index is 1.06. The summed E-state index contributed by atoms with van der Waals surface area (Å²) in [6.45, 7) is 2.14. The molecule has 0 saturated heterocycles. The zero-order chi connectivity index (χ0) is 32.0. The SMILES string of the molecule is Cc1ccc(N(c2ccc(-c3ccc(Nc4cc5ccccc5c5c4C=C=C5)cc3)cc2)c2cc3ccccc3c3ccccc23)cc1. The van der Waals surface area contributed by atoms with Crippen LogP contribution < -0.4 is 10.2 Å². The predicted molar refractivity (Wildman–Crippen MR) is 206 cm³/mol. The Labute approximate surface area is 280 Å². The molecule has 48 heavy (non-hydrogen) atoms. The third-order valence-electron chi connectivity index (χ3n) is 9.49. The van der Waals surface area contributed by atoms with Crippen molar-refractivity contribution in [2.45, 2.75) is 6.92 Å². The lowest BCUT2D eigenvalue weighted by atomic mass is 9.98. The lowest BCUT2D eigenvalue weighted by Crippen LogP contribution is -2.10. The predicted octanol–water partition coefficient (Wildman–Crippen LogP) is 13.0. The molecule has 0 radical (unpaired) electrons. The molecule has 0 fully saturated rings. The quantitative estimate of drug-likeness (QED) is 0.148. The van der Waals surface area contributed by atoms with Crippen LogP contribution in [0.25, 0.3) is 55.6 Å². The molecule has 1 aliphatic carbocycles. The van der Waals surface area contributed by atoms with Crippen molar-refractivity contribution in [1.29, 1.82) is 0 Å². The Morgan fingerprint density at radius 2 is 1.02 bits per heavy atom. The highest BCUT2D eigenvalue weighted by Crippen LogP contribution is 2.42. The standard InChI is InChI=1S/C46H32N2/c1-31-17-25-37(26-18-31)48(46-30-35-10-3-5-12-40(35)42-13-6-7-14-44(42)46)38-27-21-33(22-28-38)32-19-23-36(24-20-32)47-45-29-34-9-2-4-11-39(34)41-15-8-16-43(41)45/h2-7,9-30,47H,1H3. The summed E-state index contributed by atoms with van der Waals surface area (Å²) in [5.41, 5.74) is 14.9. The number of benzene rings is 8. The number of hydrogen-bond donors (Lipinski definition) is 1. The summed E-state index contributed by atoms with van der Waals surface area (Å²) >= 11 is 0. The topological polar surface area (TPSA) is 15.3 Å². The van der Waals surface area contributed by atoms with Gasteiger partial charge >= 0.3 is 0 Å². The van der Waals surface area contributed by atoms with Crippen LogP contribution in [0.4, 0.5) is 28.4 Å². The first-order valence-corrected chi connectivity index (χ1v) is 16.4. The number of rotatable bonds is 6. The fraction of sp³-hybridized carbons (Fsp3) is 0.0217. The Morgan fingerprint density at radius 1 is 0.479 bits per heavy atom. The van der Waals surface area contributed by atoms with E-state index in [0.29, 0.717) is 0 Å². The monoisotopic (exact) mass is 612 g/mol. The molecular weight excluding hydrogens is 581 g/mol. The zero-order valence-corrected chi connectivity index (χ0v) is 26.6. The molecule has 2 nitrogen and oxygen atoms in total. The van der Waals surface area contributed by atoms with Crippen molar-refractivity contribution in [3.05, 3.63) is 180 Å². The summed E-state index contributed by atoms with van der Waals surface area (Å²) in [6, 6.07) is 57.0. The summed E-state index contributed by atoms with van der Waals surface area (Å²) in [5, 5.41) is 11.1.